The Hall–Kier alpha value is -2.21. The SMILES string of the molecule is Cc1cc(C)cc(N(C(=O)c2cn(C)nc2C)C(N)=S)c1. The highest BCUT2D eigenvalue weighted by Gasteiger charge is 2.23. The molecule has 0 saturated heterocycles. The number of aromatic nitrogens is 2. The van der Waals surface area contributed by atoms with E-state index in [9.17, 15) is 4.79 Å². The second kappa shape index (κ2) is 5.65. The Labute approximate surface area is 129 Å². The summed E-state index contributed by atoms with van der Waals surface area (Å²) in [7, 11) is 1.77. The number of amides is 1. The molecule has 0 spiro atoms. The summed E-state index contributed by atoms with van der Waals surface area (Å²) in [6.45, 7) is 5.72. The van der Waals surface area contributed by atoms with Crippen LogP contribution in [-0.4, -0.2) is 20.8 Å². The maximum Gasteiger partial charge on any atom is 0.268 e. The molecule has 1 aromatic carbocycles. The average molecular weight is 302 g/mol. The Morgan fingerprint density at radius 1 is 1.24 bits per heavy atom. The fourth-order valence-corrected chi connectivity index (χ4v) is 2.54. The standard InChI is InChI=1S/C15H18N4OS/c1-9-5-10(2)7-12(6-9)19(15(16)21)14(20)13-8-18(4)17-11(13)3/h5-8H,1-4H3,(H2,16,21). The molecular formula is C15H18N4OS. The molecule has 1 aromatic heterocycles. The molecule has 2 aromatic rings. The highest BCUT2D eigenvalue weighted by atomic mass is 32.1. The summed E-state index contributed by atoms with van der Waals surface area (Å²) in [5.41, 5.74) is 9.67. The van der Waals surface area contributed by atoms with E-state index in [1.54, 1.807) is 24.9 Å². The monoisotopic (exact) mass is 302 g/mol. The first-order valence-electron chi connectivity index (χ1n) is 6.52. The quantitative estimate of drug-likeness (QED) is 0.864. The van der Waals surface area contributed by atoms with Gasteiger partial charge in [-0.1, -0.05) is 6.07 Å². The van der Waals surface area contributed by atoms with Gasteiger partial charge in [0.15, 0.2) is 5.11 Å². The van der Waals surface area contributed by atoms with Gasteiger partial charge in [0, 0.05) is 13.2 Å². The predicted octanol–water partition coefficient (Wildman–Crippen LogP) is 2.24. The molecule has 2 N–H and O–H groups in total. The summed E-state index contributed by atoms with van der Waals surface area (Å²) in [5.74, 6) is -0.266. The maximum atomic E-state index is 12.7. The van der Waals surface area contributed by atoms with Crippen LogP contribution in [0.3, 0.4) is 0 Å². The lowest BCUT2D eigenvalue weighted by Crippen LogP contribution is -2.41. The molecule has 21 heavy (non-hydrogen) atoms. The van der Waals surface area contributed by atoms with Gasteiger partial charge < -0.3 is 5.73 Å². The van der Waals surface area contributed by atoms with Crippen molar-refractivity contribution in [2.24, 2.45) is 12.8 Å². The molecule has 0 radical (unpaired) electrons. The molecule has 0 saturated carbocycles. The molecule has 110 valence electrons. The van der Waals surface area contributed by atoms with Crippen molar-refractivity contribution in [2.75, 3.05) is 4.90 Å². The van der Waals surface area contributed by atoms with Gasteiger partial charge in [0.25, 0.3) is 5.91 Å². The zero-order chi connectivity index (χ0) is 15.7. The van der Waals surface area contributed by atoms with Crippen LogP contribution in [0.5, 0.6) is 0 Å². The number of carbonyl (C=O) groups is 1. The Morgan fingerprint density at radius 2 is 1.81 bits per heavy atom. The number of benzene rings is 1. The molecule has 0 bridgehead atoms. The number of hydrogen-bond acceptors (Lipinski definition) is 3. The van der Waals surface area contributed by atoms with E-state index < -0.39 is 0 Å². The van der Waals surface area contributed by atoms with E-state index in [2.05, 4.69) is 5.10 Å². The van der Waals surface area contributed by atoms with Gasteiger partial charge in [0.1, 0.15) is 0 Å². The number of thiocarbonyl (C=S) groups is 1. The summed E-state index contributed by atoms with van der Waals surface area (Å²) in [5, 5.41) is 4.21. The summed E-state index contributed by atoms with van der Waals surface area (Å²) in [6, 6.07) is 5.80. The smallest absolute Gasteiger partial charge is 0.268 e. The van der Waals surface area contributed by atoms with Gasteiger partial charge in [-0.2, -0.15) is 5.10 Å². The van der Waals surface area contributed by atoms with Crippen LogP contribution in [-0.2, 0) is 7.05 Å². The third-order valence-corrected chi connectivity index (χ3v) is 3.31. The zero-order valence-electron chi connectivity index (χ0n) is 12.5. The van der Waals surface area contributed by atoms with Crippen molar-refractivity contribution < 1.29 is 4.79 Å². The van der Waals surface area contributed by atoms with Crippen molar-refractivity contribution >= 4 is 28.9 Å². The van der Waals surface area contributed by atoms with E-state index >= 15 is 0 Å². The number of anilines is 1. The van der Waals surface area contributed by atoms with Gasteiger partial charge in [-0.05, 0) is 56.2 Å². The fraction of sp³-hybridized carbons (Fsp3) is 0.267. The maximum absolute atomic E-state index is 12.7. The van der Waals surface area contributed by atoms with Crippen molar-refractivity contribution in [3.63, 3.8) is 0 Å². The lowest BCUT2D eigenvalue weighted by molar-refractivity contribution is 0.100. The molecule has 1 heterocycles. The molecule has 0 aliphatic heterocycles. The molecule has 6 heteroatoms. The Bertz CT molecular complexity index is 700. The van der Waals surface area contributed by atoms with Crippen molar-refractivity contribution in [1.82, 2.24) is 9.78 Å². The number of rotatable bonds is 2. The Morgan fingerprint density at radius 3 is 2.24 bits per heavy atom. The second-order valence-electron chi connectivity index (χ2n) is 5.13. The molecule has 1 amide bonds. The van der Waals surface area contributed by atoms with Gasteiger partial charge in [-0.25, -0.2) is 0 Å². The van der Waals surface area contributed by atoms with Crippen molar-refractivity contribution in [3.05, 3.63) is 46.8 Å². The number of nitrogens with zero attached hydrogens (tertiary/aromatic N) is 3. The van der Waals surface area contributed by atoms with E-state index in [-0.39, 0.29) is 11.0 Å². The summed E-state index contributed by atoms with van der Waals surface area (Å²) in [6.07, 6.45) is 1.67. The van der Waals surface area contributed by atoms with Crippen LogP contribution >= 0.6 is 12.2 Å². The minimum Gasteiger partial charge on any atom is -0.376 e. The molecule has 2 rings (SSSR count). The summed E-state index contributed by atoms with van der Waals surface area (Å²) in [4.78, 5) is 14.1. The van der Waals surface area contributed by atoms with Gasteiger partial charge in [0.2, 0.25) is 0 Å². The predicted molar refractivity (Wildman–Crippen MR) is 87.5 cm³/mol. The minimum absolute atomic E-state index is 0.0215. The highest BCUT2D eigenvalue weighted by Crippen LogP contribution is 2.21. The largest absolute Gasteiger partial charge is 0.376 e. The van der Waals surface area contributed by atoms with Crippen LogP contribution < -0.4 is 10.6 Å². The van der Waals surface area contributed by atoms with Crippen molar-refractivity contribution in [1.29, 1.82) is 0 Å². The zero-order valence-corrected chi connectivity index (χ0v) is 13.4. The third-order valence-electron chi connectivity index (χ3n) is 3.13. The molecule has 0 aliphatic rings. The van der Waals surface area contributed by atoms with Gasteiger partial charge in [0.05, 0.1) is 16.9 Å². The first-order chi connectivity index (χ1) is 9.79. The van der Waals surface area contributed by atoms with E-state index in [0.29, 0.717) is 16.9 Å². The molecule has 0 atom stereocenters. The Kier molecular flexibility index (Phi) is 4.09. The van der Waals surface area contributed by atoms with Crippen molar-refractivity contribution in [2.45, 2.75) is 20.8 Å². The molecular weight excluding hydrogens is 284 g/mol. The topological polar surface area (TPSA) is 64.2 Å². The Balaban J connectivity index is 2.51. The molecule has 5 nitrogen and oxygen atoms in total. The van der Waals surface area contributed by atoms with Crippen LogP contribution in [0.15, 0.2) is 24.4 Å². The highest BCUT2D eigenvalue weighted by molar-refractivity contribution is 7.80. The molecule has 0 aliphatic carbocycles. The average Bonchev–Trinajstić information content (AvgIpc) is 2.66. The number of hydrogen-bond donors (Lipinski definition) is 1. The summed E-state index contributed by atoms with van der Waals surface area (Å²) < 4.78 is 1.60. The van der Waals surface area contributed by atoms with Gasteiger partial charge >= 0.3 is 0 Å². The number of nitrogens with two attached hydrogens (primary N) is 1. The number of aryl methyl sites for hydroxylation is 4. The minimum atomic E-state index is -0.266. The van der Waals surface area contributed by atoms with Crippen LogP contribution in [0.1, 0.15) is 27.2 Å². The van der Waals surface area contributed by atoms with E-state index in [0.717, 1.165) is 11.1 Å². The first kappa shape index (κ1) is 15.2. The normalized spacial score (nSPS) is 10.5. The lowest BCUT2D eigenvalue weighted by Gasteiger charge is -2.21. The van der Waals surface area contributed by atoms with Crippen LogP contribution in [0.25, 0.3) is 0 Å². The van der Waals surface area contributed by atoms with Gasteiger partial charge in [-0.15, -0.1) is 0 Å². The van der Waals surface area contributed by atoms with E-state index in [1.807, 2.05) is 32.0 Å². The fourth-order valence-electron chi connectivity index (χ4n) is 2.35. The third kappa shape index (κ3) is 3.11. The van der Waals surface area contributed by atoms with E-state index in [1.165, 1.54) is 4.90 Å². The van der Waals surface area contributed by atoms with Crippen LogP contribution in [0.4, 0.5) is 5.69 Å². The number of carbonyl (C=O) groups excluding carboxylic acids is 1. The summed E-state index contributed by atoms with van der Waals surface area (Å²) >= 11 is 5.07. The van der Waals surface area contributed by atoms with E-state index in [4.69, 9.17) is 18.0 Å². The van der Waals surface area contributed by atoms with Gasteiger partial charge in [-0.3, -0.25) is 14.4 Å². The second-order valence-corrected chi connectivity index (χ2v) is 5.54. The molecule has 0 fully saturated rings. The van der Waals surface area contributed by atoms with Crippen LogP contribution in [0.2, 0.25) is 0 Å². The first-order valence-corrected chi connectivity index (χ1v) is 6.93. The lowest BCUT2D eigenvalue weighted by atomic mass is 10.1. The van der Waals surface area contributed by atoms with Crippen LogP contribution in [0, 0.1) is 20.8 Å². The van der Waals surface area contributed by atoms with Crippen molar-refractivity contribution in [3.8, 4) is 0 Å². The molecule has 0 unspecified atom stereocenters.